The highest BCUT2D eigenvalue weighted by Gasteiger charge is 2.11. The summed E-state index contributed by atoms with van der Waals surface area (Å²) in [4.78, 5) is 26.7. The van der Waals surface area contributed by atoms with Gasteiger partial charge in [-0.1, -0.05) is 6.92 Å². The van der Waals surface area contributed by atoms with Crippen molar-refractivity contribution in [1.29, 1.82) is 0 Å². The van der Waals surface area contributed by atoms with Crippen LogP contribution in [0.25, 0.3) is 10.9 Å². The SMILES string of the molecule is CCN(CCNC(=O)c1ccc2cncc([125I])c2n1)CCOc1cccnc1F.Cl.Cl. The van der Waals surface area contributed by atoms with Crippen LogP contribution in [0.15, 0.2) is 42.9 Å². The van der Waals surface area contributed by atoms with Crippen LogP contribution in [0.3, 0.4) is 0 Å². The van der Waals surface area contributed by atoms with Gasteiger partial charge in [-0.2, -0.15) is 4.39 Å². The molecule has 7 nitrogen and oxygen atoms in total. The molecule has 168 valence electrons. The normalized spacial score (nSPS) is 10.3. The zero-order valence-electron chi connectivity index (χ0n) is 16.8. The maximum absolute atomic E-state index is 13.5. The Morgan fingerprint density at radius 2 is 2.03 bits per heavy atom. The average Bonchev–Trinajstić information content (AvgIpc) is 2.74. The minimum Gasteiger partial charge on any atom is -0.487 e. The van der Waals surface area contributed by atoms with Gasteiger partial charge in [0.2, 0.25) is 0 Å². The minimum absolute atomic E-state index is 0. The highest BCUT2D eigenvalue weighted by atomic mass is 125. The third kappa shape index (κ3) is 7.67. The van der Waals surface area contributed by atoms with Crippen molar-refractivity contribution in [2.75, 3.05) is 32.8 Å². The summed E-state index contributed by atoms with van der Waals surface area (Å²) in [5.74, 6) is -0.690. The number of amides is 1. The molecule has 0 saturated heterocycles. The van der Waals surface area contributed by atoms with Crippen molar-refractivity contribution < 1.29 is 13.9 Å². The second-order valence-electron chi connectivity index (χ2n) is 6.22. The molecule has 3 heterocycles. The Hall–Kier alpha value is -1.82. The number of hydrogen-bond donors (Lipinski definition) is 1. The van der Waals surface area contributed by atoms with Crippen LogP contribution in [-0.4, -0.2) is 58.5 Å². The Labute approximate surface area is 206 Å². The van der Waals surface area contributed by atoms with E-state index in [-0.39, 0.29) is 36.5 Å². The topological polar surface area (TPSA) is 80.2 Å². The second kappa shape index (κ2) is 13.6. The van der Waals surface area contributed by atoms with Crippen molar-refractivity contribution in [2.24, 2.45) is 0 Å². The van der Waals surface area contributed by atoms with Crippen molar-refractivity contribution in [3.8, 4) is 5.75 Å². The molecule has 0 fully saturated rings. The maximum Gasteiger partial charge on any atom is 0.269 e. The van der Waals surface area contributed by atoms with Gasteiger partial charge >= 0.3 is 0 Å². The van der Waals surface area contributed by atoms with Crippen molar-refractivity contribution in [2.45, 2.75) is 6.92 Å². The number of fused-ring (bicyclic) bond motifs is 1. The Balaban J connectivity index is 0.00000240. The van der Waals surface area contributed by atoms with Gasteiger partial charge in [-0.15, -0.1) is 24.8 Å². The fraction of sp³-hybridized carbons (Fsp3) is 0.300. The molecular weight excluding hydrogens is 557 g/mol. The number of halogens is 4. The smallest absolute Gasteiger partial charge is 0.269 e. The molecule has 0 atom stereocenters. The summed E-state index contributed by atoms with van der Waals surface area (Å²) < 4.78 is 19.8. The molecule has 0 aliphatic rings. The van der Waals surface area contributed by atoms with Crippen molar-refractivity contribution in [3.05, 3.63) is 58.1 Å². The second-order valence-corrected chi connectivity index (χ2v) is 7.38. The number of rotatable bonds is 9. The van der Waals surface area contributed by atoms with Gasteiger partial charge in [0.05, 0.1) is 9.09 Å². The third-order valence-corrected chi connectivity index (χ3v) is 5.13. The van der Waals surface area contributed by atoms with E-state index in [1.165, 1.54) is 6.20 Å². The summed E-state index contributed by atoms with van der Waals surface area (Å²) in [6, 6.07) is 6.72. The number of carbonyl (C=O) groups is 1. The minimum atomic E-state index is -0.615. The molecule has 31 heavy (non-hydrogen) atoms. The molecule has 0 unspecified atom stereocenters. The molecule has 0 aliphatic carbocycles. The number of nitrogens with zero attached hydrogens (tertiary/aromatic N) is 4. The van der Waals surface area contributed by atoms with Crippen molar-refractivity contribution in [3.63, 3.8) is 0 Å². The first-order valence-electron chi connectivity index (χ1n) is 9.22. The van der Waals surface area contributed by atoms with E-state index in [9.17, 15) is 9.18 Å². The highest BCUT2D eigenvalue weighted by Crippen LogP contribution is 2.17. The third-order valence-electron chi connectivity index (χ3n) is 4.34. The fourth-order valence-corrected chi connectivity index (χ4v) is 3.34. The molecule has 3 aromatic heterocycles. The van der Waals surface area contributed by atoms with E-state index >= 15 is 0 Å². The summed E-state index contributed by atoms with van der Waals surface area (Å²) in [6.07, 6.45) is 4.83. The maximum atomic E-state index is 13.5. The number of pyridine rings is 3. The Morgan fingerprint density at radius 1 is 1.23 bits per heavy atom. The van der Waals surface area contributed by atoms with Gasteiger partial charge in [0.1, 0.15) is 12.3 Å². The first kappa shape index (κ1) is 27.2. The van der Waals surface area contributed by atoms with Crippen LogP contribution in [0.1, 0.15) is 17.4 Å². The van der Waals surface area contributed by atoms with Gasteiger partial charge in [0, 0.05) is 43.6 Å². The van der Waals surface area contributed by atoms with Gasteiger partial charge < -0.3 is 10.1 Å². The lowest BCUT2D eigenvalue weighted by Crippen LogP contribution is -2.37. The molecule has 11 heteroatoms. The van der Waals surface area contributed by atoms with Crippen molar-refractivity contribution in [1.82, 2.24) is 25.2 Å². The van der Waals surface area contributed by atoms with Crippen LogP contribution in [0.4, 0.5) is 4.39 Å². The van der Waals surface area contributed by atoms with E-state index in [0.29, 0.717) is 31.9 Å². The number of nitrogens with one attached hydrogen (secondary N) is 1. The van der Waals surface area contributed by atoms with E-state index in [4.69, 9.17) is 4.74 Å². The molecule has 0 spiro atoms. The van der Waals surface area contributed by atoms with Crippen molar-refractivity contribution >= 4 is 64.2 Å². The van der Waals surface area contributed by atoms with Gasteiger partial charge in [-0.05, 0) is 53.4 Å². The first-order valence-corrected chi connectivity index (χ1v) is 10.3. The molecule has 0 aliphatic heterocycles. The number of carbonyl (C=O) groups excluding carboxylic acids is 1. The predicted molar refractivity (Wildman–Crippen MR) is 131 cm³/mol. The Kier molecular flexibility index (Phi) is 11.9. The van der Waals surface area contributed by atoms with Crippen LogP contribution in [0.2, 0.25) is 0 Å². The molecule has 1 amide bonds. The lowest BCUT2D eigenvalue weighted by molar-refractivity contribution is 0.0942. The number of aromatic nitrogens is 3. The van der Waals surface area contributed by atoms with E-state index in [1.807, 2.05) is 13.0 Å². The Bertz CT molecular complexity index is 999. The molecule has 3 aromatic rings. The summed E-state index contributed by atoms with van der Waals surface area (Å²) in [6.45, 7) is 4.88. The van der Waals surface area contributed by atoms with Gasteiger partial charge in [-0.25, -0.2) is 9.97 Å². The lowest BCUT2D eigenvalue weighted by Gasteiger charge is -2.20. The monoisotopic (exact) mass is 579 g/mol. The summed E-state index contributed by atoms with van der Waals surface area (Å²) >= 11 is 2.16. The van der Waals surface area contributed by atoms with E-state index in [0.717, 1.165) is 21.0 Å². The van der Waals surface area contributed by atoms with Crippen LogP contribution in [-0.2, 0) is 0 Å². The summed E-state index contributed by atoms with van der Waals surface area (Å²) in [7, 11) is 0. The average molecular weight is 580 g/mol. The molecule has 1 N–H and O–H groups in total. The summed E-state index contributed by atoms with van der Waals surface area (Å²) in [5.41, 5.74) is 1.14. The molecule has 0 radical (unpaired) electrons. The zero-order chi connectivity index (χ0) is 20.6. The highest BCUT2D eigenvalue weighted by molar-refractivity contribution is 14.1. The van der Waals surface area contributed by atoms with E-state index < -0.39 is 5.95 Å². The van der Waals surface area contributed by atoms with Gasteiger partial charge in [-0.3, -0.25) is 14.7 Å². The number of likely N-dealkylation sites (N-methyl/N-ethyl adjacent to an activating group) is 1. The zero-order valence-corrected chi connectivity index (χ0v) is 20.5. The summed E-state index contributed by atoms with van der Waals surface area (Å²) in [5, 5.41) is 3.79. The van der Waals surface area contributed by atoms with Gasteiger partial charge in [0.15, 0.2) is 5.75 Å². The van der Waals surface area contributed by atoms with Crippen LogP contribution in [0.5, 0.6) is 5.75 Å². The largest absolute Gasteiger partial charge is 0.487 e. The van der Waals surface area contributed by atoms with Crippen LogP contribution >= 0.6 is 47.4 Å². The molecule has 0 bridgehead atoms. The fourth-order valence-electron chi connectivity index (χ4n) is 2.75. The van der Waals surface area contributed by atoms with Crippen LogP contribution in [0, 0.1) is 9.52 Å². The molecule has 0 aromatic carbocycles. The van der Waals surface area contributed by atoms with E-state index in [2.05, 4.69) is 47.8 Å². The first-order chi connectivity index (χ1) is 14.1. The van der Waals surface area contributed by atoms with E-state index in [1.54, 1.807) is 30.6 Å². The van der Waals surface area contributed by atoms with Gasteiger partial charge in [0.25, 0.3) is 11.9 Å². The molecule has 0 saturated carbocycles. The number of hydrogen-bond acceptors (Lipinski definition) is 6. The lowest BCUT2D eigenvalue weighted by atomic mass is 10.2. The standard InChI is InChI=1S/C20H21FIN5O2.2ClH/c1-2-27(10-11-29-17-4-3-7-24-19(17)21)9-8-25-20(28)16-6-5-14-12-23-13-15(22)18(14)26-16;;/h3-7,12-13H,2,8-11H2,1H3,(H,25,28);2*1H/i22-2;;. The number of ether oxygens (including phenoxy) is 1. The molecule has 3 rings (SSSR count). The molecular formula is C20H23Cl2FIN5O2. The predicted octanol–water partition coefficient (Wildman–Crippen LogP) is 3.74. The quantitative estimate of drug-likeness (QED) is 0.307. The van der Waals surface area contributed by atoms with Crippen LogP contribution < -0.4 is 10.1 Å². The Morgan fingerprint density at radius 3 is 2.77 bits per heavy atom.